The van der Waals surface area contributed by atoms with Crippen molar-refractivity contribution in [3.63, 3.8) is 0 Å². The number of nitrogens with zero attached hydrogens (tertiary/aromatic N) is 4. The maximum absolute atomic E-state index is 12.0. The smallest absolute Gasteiger partial charge is 0.410 e. The van der Waals surface area contributed by atoms with Gasteiger partial charge in [0.05, 0.1) is 6.54 Å². The van der Waals surface area contributed by atoms with Crippen molar-refractivity contribution >= 4 is 11.7 Å². The molecule has 7 nitrogen and oxygen atoms in total. The number of carbonyl (C=O) groups is 1. The van der Waals surface area contributed by atoms with Crippen LogP contribution in [0.25, 0.3) is 5.65 Å². The molecule has 0 spiro atoms. The molecular formula is C17H25N5O2. The van der Waals surface area contributed by atoms with E-state index in [0.29, 0.717) is 18.5 Å². The Balaban J connectivity index is 1.47. The third kappa shape index (κ3) is 3.67. The van der Waals surface area contributed by atoms with E-state index in [9.17, 15) is 4.79 Å². The fourth-order valence-electron chi connectivity index (χ4n) is 2.73. The molecule has 0 radical (unpaired) electrons. The van der Waals surface area contributed by atoms with Crippen LogP contribution in [0.2, 0.25) is 0 Å². The number of nitrogens with one attached hydrogen (secondary N) is 1. The summed E-state index contributed by atoms with van der Waals surface area (Å²) in [7, 11) is 0. The molecule has 3 rings (SSSR count). The van der Waals surface area contributed by atoms with Gasteiger partial charge in [-0.15, -0.1) is 10.2 Å². The molecule has 0 aromatic carbocycles. The number of rotatable bonds is 4. The lowest BCUT2D eigenvalue weighted by Gasteiger charge is -2.42. The lowest BCUT2D eigenvalue weighted by molar-refractivity contribution is -0.00583. The topological polar surface area (TPSA) is 71.8 Å². The second-order valence-corrected chi connectivity index (χ2v) is 7.36. The van der Waals surface area contributed by atoms with Crippen molar-refractivity contribution in [2.45, 2.75) is 45.9 Å². The second-order valence-electron chi connectivity index (χ2n) is 7.36. The van der Waals surface area contributed by atoms with Gasteiger partial charge in [-0.2, -0.15) is 0 Å². The van der Waals surface area contributed by atoms with Gasteiger partial charge in [0, 0.05) is 31.2 Å². The molecule has 1 aliphatic heterocycles. The van der Waals surface area contributed by atoms with Crippen LogP contribution in [0.15, 0.2) is 24.4 Å². The van der Waals surface area contributed by atoms with E-state index in [0.717, 1.165) is 24.6 Å². The Morgan fingerprint density at radius 2 is 2.12 bits per heavy atom. The number of likely N-dealkylation sites (tertiary alicyclic amines) is 1. The minimum atomic E-state index is -0.444. The fourth-order valence-corrected chi connectivity index (χ4v) is 2.73. The van der Waals surface area contributed by atoms with E-state index < -0.39 is 5.60 Å². The summed E-state index contributed by atoms with van der Waals surface area (Å²) in [5, 5.41) is 11.9. The van der Waals surface area contributed by atoms with Gasteiger partial charge in [0.1, 0.15) is 5.60 Å². The first-order valence-electron chi connectivity index (χ1n) is 8.33. The summed E-state index contributed by atoms with van der Waals surface area (Å²) in [4.78, 5) is 13.7. The Morgan fingerprint density at radius 3 is 2.83 bits per heavy atom. The minimum absolute atomic E-state index is 0.227. The largest absolute Gasteiger partial charge is 0.444 e. The highest BCUT2D eigenvalue weighted by Gasteiger charge is 2.36. The summed E-state index contributed by atoms with van der Waals surface area (Å²) in [6, 6.07) is 6.14. The maximum atomic E-state index is 12.0. The molecule has 2 aromatic heterocycles. The van der Waals surface area contributed by atoms with Crippen LogP contribution in [0.1, 0.15) is 33.5 Å². The third-order valence-electron chi connectivity index (χ3n) is 4.24. The molecule has 130 valence electrons. The van der Waals surface area contributed by atoms with Crippen molar-refractivity contribution < 1.29 is 9.53 Å². The standard InChI is InChI=1S/C17H25N5O2/c1-12(13-10-21(11-13)16(23)24-17(2,3)4)18-9-15-20-19-14-7-5-6-8-22(14)15/h5-8,12-13,18H,9-11H2,1-4H3/t12-/m0/s1. The number of pyridine rings is 1. The molecule has 0 unspecified atom stereocenters. The number of hydrogen-bond acceptors (Lipinski definition) is 5. The van der Waals surface area contributed by atoms with Crippen molar-refractivity contribution in [2.75, 3.05) is 13.1 Å². The van der Waals surface area contributed by atoms with E-state index >= 15 is 0 Å². The number of aromatic nitrogens is 3. The molecule has 1 aliphatic rings. The molecule has 0 aliphatic carbocycles. The van der Waals surface area contributed by atoms with Crippen molar-refractivity contribution in [1.82, 2.24) is 24.8 Å². The first-order valence-corrected chi connectivity index (χ1v) is 8.33. The lowest BCUT2D eigenvalue weighted by atomic mass is 9.93. The molecule has 1 atom stereocenters. The minimum Gasteiger partial charge on any atom is -0.444 e. The number of fused-ring (bicyclic) bond motifs is 1. The molecule has 1 fully saturated rings. The zero-order valence-corrected chi connectivity index (χ0v) is 14.7. The van der Waals surface area contributed by atoms with E-state index in [1.165, 1.54) is 0 Å². The zero-order valence-electron chi connectivity index (χ0n) is 14.7. The molecule has 1 amide bonds. The molecule has 3 heterocycles. The van der Waals surface area contributed by atoms with Gasteiger partial charge in [-0.05, 0) is 39.8 Å². The number of amides is 1. The predicted molar refractivity (Wildman–Crippen MR) is 90.6 cm³/mol. The molecule has 24 heavy (non-hydrogen) atoms. The Bertz CT molecular complexity index is 715. The normalized spacial score (nSPS) is 16.9. The summed E-state index contributed by atoms with van der Waals surface area (Å²) in [6.45, 7) is 9.89. The van der Waals surface area contributed by atoms with Gasteiger partial charge >= 0.3 is 6.09 Å². The van der Waals surface area contributed by atoms with Crippen LogP contribution in [0.5, 0.6) is 0 Å². The SMILES string of the molecule is C[C@H](NCc1nnc2ccccn12)C1CN(C(=O)OC(C)(C)C)C1. The molecule has 2 aromatic rings. The van der Waals surface area contributed by atoms with E-state index in [1.807, 2.05) is 49.6 Å². The van der Waals surface area contributed by atoms with Gasteiger partial charge in [0.15, 0.2) is 11.5 Å². The van der Waals surface area contributed by atoms with Crippen molar-refractivity contribution in [3.05, 3.63) is 30.2 Å². The van der Waals surface area contributed by atoms with Crippen molar-refractivity contribution in [3.8, 4) is 0 Å². The highest BCUT2D eigenvalue weighted by atomic mass is 16.6. The van der Waals surface area contributed by atoms with Crippen LogP contribution >= 0.6 is 0 Å². The number of carbonyl (C=O) groups excluding carboxylic acids is 1. The third-order valence-corrected chi connectivity index (χ3v) is 4.24. The summed E-state index contributed by atoms with van der Waals surface area (Å²) in [6.07, 6.45) is 1.74. The Kier molecular flexibility index (Phi) is 4.45. The Labute approximate surface area is 142 Å². The van der Waals surface area contributed by atoms with Gasteiger partial charge in [-0.3, -0.25) is 4.40 Å². The van der Waals surface area contributed by atoms with Crippen LogP contribution < -0.4 is 5.32 Å². The fraction of sp³-hybridized carbons (Fsp3) is 0.588. The van der Waals surface area contributed by atoms with Gasteiger partial charge in [0.2, 0.25) is 0 Å². The molecule has 7 heteroatoms. The van der Waals surface area contributed by atoms with Gasteiger partial charge in [0.25, 0.3) is 0 Å². The van der Waals surface area contributed by atoms with Crippen molar-refractivity contribution in [2.24, 2.45) is 5.92 Å². The van der Waals surface area contributed by atoms with Crippen LogP contribution in [-0.2, 0) is 11.3 Å². The molecule has 0 bridgehead atoms. The highest BCUT2D eigenvalue weighted by molar-refractivity contribution is 5.69. The first kappa shape index (κ1) is 16.7. The Hall–Kier alpha value is -2.15. The van der Waals surface area contributed by atoms with E-state index in [-0.39, 0.29) is 6.09 Å². The number of hydrogen-bond donors (Lipinski definition) is 1. The monoisotopic (exact) mass is 331 g/mol. The first-order chi connectivity index (χ1) is 11.3. The van der Waals surface area contributed by atoms with Crippen LogP contribution in [0, 0.1) is 5.92 Å². The summed E-state index contributed by atoms with van der Waals surface area (Å²) < 4.78 is 7.36. The average Bonchev–Trinajstić information content (AvgIpc) is 2.84. The molecule has 1 saturated heterocycles. The summed E-state index contributed by atoms with van der Waals surface area (Å²) >= 11 is 0. The van der Waals surface area contributed by atoms with Crippen LogP contribution in [-0.4, -0.2) is 50.3 Å². The summed E-state index contributed by atoms with van der Waals surface area (Å²) in [5.41, 5.74) is 0.405. The van der Waals surface area contributed by atoms with Crippen molar-refractivity contribution in [1.29, 1.82) is 0 Å². The summed E-state index contributed by atoms with van der Waals surface area (Å²) in [5.74, 6) is 1.32. The van der Waals surface area contributed by atoms with E-state index in [4.69, 9.17) is 4.74 Å². The molecule has 0 saturated carbocycles. The maximum Gasteiger partial charge on any atom is 0.410 e. The van der Waals surface area contributed by atoms with Crippen LogP contribution in [0.3, 0.4) is 0 Å². The molecular weight excluding hydrogens is 306 g/mol. The highest BCUT2D eigenvalue weighted by Crippen LogP contribution is 2.22. The van der Waals surface area contributed by atoms with Crippen LogP contribution in [0.4, 0.5) is 4.79 Å². The Morgan fingerprint density at radius 1 is 1.38 bits per heavy atom. The van der Waals surface area contributed by atoms with Gasteiger partial charge < -0.3 is 15.0 Å². The molecule has 1 N–H and O–H groups in total. The lowest BCUT2D eigenvalue weighted by Crippen LogP contribution is -2.57. The second kappa shape index (κ2) is 6.39. The van der Waals surface area contributed by atoms with E-state index in [1.54, 1.807) is 4.90 Å². The predicted octanol–water partition coefficient (Wildman–Crippen LogP) is 2.07. The van der Waals surface area contributed by atoms with E-state index in [2.05, 4.69) is 22.4 Å². The number of ether oxygens (including phenoxy) is 1. The van der Waals surface area contributed by atoms with Gasteiger partial charge in [-0.25, -0.2) is 4.79 Å². The quantitative estimate of drug-likeness (QED) is 0.929. The zero-order chi connectivity index (χ0) is 17.3. The average molecular weight is 331 g/mol. The van der Waals surface area contributed by atoms with Gasteiger partial charge in [-0.1, -0.05) is 6.07 Å².